The largest absolute Gasteiger partial charge is 0.480 e. The molecule has 0 radical (unpaired) electrons. The van der Waals surface area contributed by atoms with E-state index in [0.717, 1.165) is 12.0 Å². The molecule has 102 valence electrons. The Balaban J connectivity index is 2.04. The van der Waals surface area contributed by atoms with Crippen molar-refractivity contribution >= 4 is 11.9 Å². The Morgan fingerprint density at radius 3 is 2.68 bits per heavy atom. The lowest BCUT2D eigenvalue weighted by Gasteiger charge is -2.31. The van der Waals surface area contributed by atoms with Gasteiger partial charge in [-0.1, -0.05) is 44.5 Å². The Morgan fingerprint density at radius 2 is 2.11 bits per heavy atom. The molecule has 2 N–H and O–H groups in total. The van der Waals surface area contributed by atoms with Crippen LogP contribution in [0.2, 0.25) is 0 Å². The molecule has 0 aromatic heterocycles. The molecule has 1 amide bonds. The quantitative estimate of drug-likeness (QED) is 0.851. The highest BCUT2D eigenvalue weighted by Crippen LogP contribution is 2.35. The van der Waals surface area contributed by atoms with Gasteiger partial charge in [0.1, 0.15) is 6.04 Å². The number of rotatable bonds is 5. The highest BCUT2D eigenvalue weighted by Gasteiger charge is 2.35. The van der Waals surface area contributed by atoms with Gasteiger partial charge in [0.15, 0.2) is 0 Å². The maximum atomic E-state index is 12.1. The van der Waals surface area contributed by atoms with Crippen LogP contribution < -0.4 is 5.32 Å². The van der Waals surface area contributed by atoms with Gasteiger partial charge in [0, 0.05) is 0 Å². The van der Waals surface area contributed by atoms with Crippen molar-refractivity contribution in [2.75, 3.05) is 0 Å². The first-order valence-corrected chi connectivity index (χ1v) is 6.65. The van der Waals surface area contributed by atoms with Gasteiger partial charge in [-0.3, -0.25) is 4.79 Å². The number of nitrogens with one attached hydrogen (secondary N) is 1. The highest BCUT2D eigenvalue weighted by atomic mass is 16.4. The zero-order chi connectivity index (χ0) is 14.0. The van der Waals surface area contributed by atoms with E-state index in [4.69, 9.17) is 0 Å². The summed E-state index contributed by atoms with van der Waals surface area (Å²) >= 11 is 0. The van der Waals surface area contributed by atoms with E-state index in [9.17, 15) is 14.7 Å². The molecule has 4 heteroatoms. The average Bonchev–Trinajstić information content (AvgIpc) is 2.36. The molecule has 1 aliphatic rings. The monoisotopic (exact) mass is 261 g/mol. The second-order valence-electron chi connectivity index (χ2n) is 5.17. The van der Waals surface area contributed by atoms with Crippen molar-refractivity contribution in [2.45, 2.75) is 38.6 Å². The van der Waals surface area contributed by atoms with E-state index in [1.807, 2.05) is 38.1 Å². The van der Waals surface area contributed by atoms with Gasteiger partial charge in [-0.25, -0.2) is 4.79 Å². The van der Waals surface area contributed by atoms with E-state index in [1.54, 1.807) is 0 Å². The minimum absolute atomic E-state index is 0.0724. The zero-order valence-electron chi connectivity index (χ0n) is 11.2. The molecule has 2 rings (SSSR count). The normalized spacial score (nSPS) is 19.8. The van der Waals surface area contributed by atoms with Crippen LogP contribution in [0.25, 0.3) is 0 Å². The predicted molar refractivity (Wildman–Crippen MR) is 71.9 cm³/mol. The molecule has 0 bridgehead atoms. The maximum Gasteiger partial charge on any atom is 0.326 e. The van der Waals surface area contributed by atoms with Gasteiger partial charge in [0.05, 0.1) is 5.92 Å². The van der Waals surface area contributed by atoms with Crippen LogP contribution in [0.15, 0.2) is 24.3 Å². The number of carboxylic acid groups (broad SMARTS) is 1. The Morgan fingerprint density at radius 1 is 1.42 bits per heavy atom. The van der Waals surface area contributed by atoms with Gasteiger partial charge >= 0.3 is 5.97 Å². The zero-order valence-corrected chi connectivity index (χ0v) is 11.2. The van der Waals surface area contributed by atoms with Crippen LogP contribution in [0.3, 0.4) is 0 Å². The number of hydrogen-bond acceptors (Lipinski definition) is 2. The van der Waals surface area contributed by atoms with Gasteiger partial charge in [-0.15, -0.1) is 0 Å². The number of aliphatic carboxylic acids is 1. The van der Waals surface area contributed by atoms with Gasteiger partial charge in [-0.05, 0) is 23.5 Å². The lowest BCUT2D eigenvalue weighted by molar-refractivity contribution is -0.143. The molecule has 3 atom stereocenters. The number of hydrogen-bond donors (Lipinski definition) is 2. The highest BCUT2D eigenvalue weighted by molar-refractivity contribution is 5.90. The summed E-state index contributed by atoms with van der Waals surface area (Å²) < 4.78 is 0. The Hall–Kier alpha value is -1.84. The van der Waals surface area contributed by atoms with E-state index < -0.39 is 12.0 Å². The Labute approximate surface area is 112 Å². The molecule has 0 fully saturated rings. The summed E-state index contributed by atoms with van der Waals surface area (Å²) in [6, 6.07) is 6.99. The molecule has 0 spiro atoms. The molecule has 19 heavy (non-hydrogen) atoms. The number of carbonyl (C=O) groups excluding carboxylic acids is 1. The van der Waals surface area contributed by atoms with Crippen molar-refractivity contribution in [2.24, 2.45) is 5.92 Å². The van der Waals surface area contributed by atoms with E-state index in [1.165, 1.54) is 5.56 Å². The van der Waals surface area contributed by atoms with E-state index in [-0.39, 0.29) is 17.7 Å². The summed E-state index contributed by atoms with van der Waals surface area (Å²) in [5, 5.41) is 11.8. The first-order valence-electron chi connectivity index (χ1n) is 6.65. The smallest absolute Gasteiger partial charge is 0.326 e. The van der Waals surface area contributed by atoms with Crippen LogP contribution in [0.5, 0.6) is 0 Å². The molecule has 0 saturated heterocycles. The van der Waals surface area contributed by atoms with Crippen LogP contribution in [0.4, 0.5) is 0 Å². The second-order valence-corrected chi connectivity index (χ2v) is 5.17. The molecule has 1 aromatic rings. The fourth-order valence-electron chi connectivity index (χ4n) is 2.43. The Kier molecular flexibility index (Phi) is 3.88. The predicted octanol–water partition coefficient (Wildman–Crippen LogP) is 1.94. The average molecular weight is 261 g/mol. The summed E-state index contributed by atoms with van der Waals surface area (Å²) in [4.78, 5) is 23.3. The van der Waals surface area contributed by atoms with E-state index >= 15 is 0 Å². The first kappa shape index (κ1) is 13.6. The molecule has 3 unspecified atom stereocenters. The van der Waals surface area contributed by atoms with Crippen LogP contribution in [-0.2, 0) is 16.0 Å². The van der Waals surface area contributed by atoms with Crippen LogP contribution >= 0.6 is 0 Å². The number of benzene rings is 1. The van der Waals surface area contributed by atoms with Gasteiger partial charge in [0.2, 0.25) is 5.91 Å². The number of carboxylic acids is 1. The third-order valence-electron chi connectivity index (χ3n) is 3.95. The molecule has 4 nitrogen and oxygen atoms in total. The van der Waals surface area contributed by atoms with Crippen molar-refractivity contribution in [1.82, 2.24) is 5.32 Å². The van der Waals surface area contributed by atoms with Gasteiger partial charge in [0.25, 0.3) is 0 Å². The summed E-state index contributed by atoms with van der Waals surface area (Å²) in [6.07, 6.45) is 1.42. The minimum atomic E-state index is -0.963. The number of amides is 1. The molecule has 0 aliphatic heterocycles. The molecule has 0 saturated carbocycles. The van der Waals surface area contributed by atoms with Crippen LogP contribution in [-0.4, -0.2) is 23.0 Å². The van der Waals surface area contributed by atoms with Gasteiger partial charge < -0.3 is 10.4 Å². The maximum absolute atomic E-state index is 12.1. The number of carbonyl (C=O) groups is 2. The molecular weight excluding hydrogens is 242 g/mol. The first-order chi connectivity index (χ1) is 9.04. The molecule has 0 heterocycles. The fourth-order valence-corrected chi connectivity index (χ4v) is 2.43. The van der Waals surface area contributed by atoms with Crippen molar-refractivity contribution in [1.29, 1.82) is 0 Å². The summed E-state index contributed by atoms with van der Waals surface area (Å²) in [5.41, 5.74) is 2.20. The van der Waals surface area contributed by atoms with Crippen molar-refractivity contribution in [3.05, 3.63) is 35.4 Å². The summed E-state index contributed by atoms with van der Waals surface area (Å²) in [7, 11) is 0. The summed E-state index contributed by atoms with van der Waals surface area (Å²) in [6.45, 7) is 3.76. The fraction of sp³-hybridized carbons (Fsp3) is 0.467. The minimum Gasteiger partial charge on any atom is -0.480 e. The van der Waals surface area contributed by atoms with Crippen molar-refractivity contribution < 1.29 is 14.7 Å². The third-order valence-corrected chi connectivity index (χ3v) is 3.95. The van der Waals surface area contributed by atoms with Crippen molar-refractivity contribution in [3.63, 3.8) is 0 Å². The van der Waals surface area contributed by atoms with E-state index in [2.05, 4.69) is 5.32 Å². The Bertz CT molecular complexity index is 498. The lowest BCUT2D eigenvalue weighted by Crippen LogP contribution is -2.48. The van der Waals surface area contributed by atoms with Crippen molar-refractivity contribution in [3.8, 4) is 0 Å². The molecular formula is C15H19NO3. The topological polar surface area (TPSA) is 66.4 Å². The summed E-state index contributed by atoms with van der Waals surface area (Å²) in [5.74, 6) is -1.40. The lowest BCUT2D eigenvalue weighted by atomic mass is 9.77. The standard InChI is InChI=1S/C15H19NO3/c1-3-9(2)13(15(18)19)16-14(17)12-8-10-6-4-5-7-11(10)12/h4-7,9,12-13H,3,8H2,1-2H3,(H,16,17)(H,18,19). The number of fused-ring (bicyclic) bond motifs is 1. The second kappa shape index (κ2) is 5.43. The van der Waals surface area contributed by atoms with Crippen LogP contribution in [0, 0.1) is 5.92 Å². The van der Waals surface area contributed by atoms with Crippen LogP contribution in [0.1, 0.15) is 37.3 Å². The molecule has 1 aromatic carbocycles. The van der Waals surface area contributed by atoms with E-state index in [0.29, 0.717) is 6.42 Å². The van der Waals surface area contributed by atoms with Gasteiger partial charge in [-0.2, -0.15) is 0 Å². The SMILES string of the molecule is CCC(C)C(NC(=O)C1Cc2ccccc21)C(=O)O. The molecule has 1 aliphatic carbocycles. The third kappa shape index (κ3) is 2.62.